The first-order valence-corrected chi connectivity index (χ1v) is 10.1. The van der Waals surface area contributed by atoms with E-state index in [0.29, 0.717) is 0 Å². The number of aryl methyl sites for hydroxylation is 2. The Hall–Kier alpha value is -2.96. The van der Waals surface area contributed by atoms with Crippen molar-refractivity contribution in [1.82, 2.24) is 24.1 Å². The molecule has 0 spiro atoms. The van der Waals surface area contributed by atoms with Gasteiger partial charge in [-0.15, -0.1) is 0 Å². The normalized spacial score (nSPS) is 15.9. The second-order valence-electron chi connectivity index (χ2n) is 7.82. The minimum atomic E-state index is -0.689. The zero-order chi connectivity index (χ0) is 19.8. The van der Waals surface area contributed by atoms with Crippen molar-refractivity contribution in [3.63, 3.8) is 0 Å². The zero-order valence-corrected chi connectivity index (χ0v) is 16.6. The topological polar surface area (TPSA) is 58.6 Å². The first kappa shape index (κ1) is 18.1. The van der Waals surface area contributed by atoms with Crippen LogP contribution in [0.15, 0.2) is 60.9 Å². The Kier molecular flexibility index (Phi) is 4.66. The molecule has 29 heavy (non-hydrogen) atoms. The molecule has 1 aliphatic rings. The van der Waals surface area contributed by atoms with Crippen LogP contribution in [0.5, 0.6) is 0 Å². The molecule has 6 heteroatoms. The Bertz CT molecular complexity index is 1130. The Morgan fingerprint density at radius 2 is 1.97 bits per heavy atom. The van der Waals surface area contributed by atoms with Gasteiger partial charge in [0.25, 0.3) is 0 Å². The lowest BCUT2D eigenvalue weighted by molar-refractivity contribution is 0.213. The van der Waals surface area contributed by atoms with Gasteiger partial charge in [-0.25, -0.2) is 4.98 Å². The number of aliphatic hydroxyl groups excluding tert-OH is 1. The van der Waals surface area contributed by atoms with Gasteiger partial charge >= 0.3 is 0 Å². The third-order valence-electron chi connectivity index (χ3n) is 5.62. The number of fused-ring (bicyclic) bond motifs is 2. The molecule has 1 aromatic carbocycles. The average molecular weight is 387 g/mol. The summed E-state index contributed by atoms with van der Waals surface area (Å²) >= 11 is 0. The summed E-state index contributed by atoms with van der Waals surface area (Å²) in [5, 5.41) is 15.4. The lowest BCUT2D eigenvalue weighted by atomic mass is 10.1. The number of aromatic nitrogens is 4. The molecule has 0 saturated carbocycles. The predicted molar refractivity (Wildman–Crippen MR) is 111 cm³/mol. The van der Waals surface area contributed by atoms with Crippen molar-refractivity contribution in [3.8, 4) is 0 Å². The summed E-state index contributed by atoms with van der Waals surface area (Å²) in [7, 11) is 0. The molecule has 148 valence electrons. The van der Waals surface area contributed by atoms with Crippen LogP contribution >= 0.6 is 0 Å². The third-order valence-corrected chi connectivity index (χ3v) is 5.62. The van der Waals surface area contributed by atoms with Gasteiger partial charge in [-0.2, -0.15) is 5.10 Å². The van der Waals surface area contributed by atoms with E-state index in [4.69, 9.17) is 10.1 Å². The summed E-state index contributed by atoms with van der Waals surface area (Å²) in [5.41, 5.74) is 6.03. The van der Waals surface area contributed by atoms with E-state index in [1.54, 1.807) is 0 Å². The highest BCUT2D eigenvalue weighted by Crippen LogP contribution is 2.24. The van der Waals surface area contributed by atoms with Crippen LogP contribution in [-0.4, -0.2) is 35.7 Å². The van der Waals surface area contributed by atoms with Gasteiger partial charge < -0.3 is 9.51 Å². The van der Waals surface area contributed by atoms with Crippen LogP contribution in [0.4, 0.5) is 0 Å². The fourth-order valence-electron chi connectivity index (χ4n) is 4.14. The molecule has 1 aliphatic heterocycles. The summed E-state index contributed by atoms with van der Waals surface area (Å²) in [6, 6.07) is 15.9. The maximum Gasteiger partial charge on any atom is 0.139 e. The van der Waals surface area contributed by atoms with Gasteiger partial charge in [-0.1, -0.05) is 36.4 Å². The highest BCUT2D eigenvalue weighted by atomic mass is 16.3. The molecule has 5 rings (SSSR count). The zero-order valence-electron chi connectivity index (χ0n) is 16.6. The SMILES string of the molecule is Cc1cccn2cc(CN3CCCn4nc([C@H](O)c5ccccc5)cc4C3)nc12. The molecule has 0 amide bonds. The van der Waals surface area contributed by atoms with Crippen LogP contribution in [0.25, 0.3) is 5.65 Å². The van der Waals surface area contributed by atoms with Crippen molar-refractivity contribution < 1.29 is 5.11 Å². The summed E-state index contributed by atoms with van der Waals surface area (Å²) < 4.78 is 4.15. The van der Waals surface area contributed by atoms with E-state index in [-0.39, 0.29) is 0 Å². The second kappa shape index (κ2) is 7.46. The molecule has 3 aromatic heterocycles. The van der Waals surface area contributed by atoms with Gasteiger partial charge in [0.1, 0.15) is 11.8 Å². The van der Waals surface area contributed by atoms with Crippen LogP contribution in [0.2, 0.25) is 0 Å². The molecule has 0 fully saturated rings. The van der Waals surface area contributed by atoms with Crippen LogP contribution in [0.1, 0.15) is 40.7 Å². The molecule has 0 unspecified atom stereocenters. The standard InChI is InChI=1S/C23H25N5O/c1-17-7-5-11-27-15-19(24-23(17)27)14-26-10-6-12-28-20(16-26)13-21(25-28)22(29)18-8-3-2-4-9-18/h2-5,7-9,11,13,15,22,29H,6,10,12,14,16H2,1H3/t22-/m1/s1. The van der Waals surface area contributed by atoms with E-state index in [0.717, 1.165) is 60.9 Å². The smallest absolute Gasteiger partial charge is 0.139 e. The Balaban J connectivity index is 1.36. The number of rotatable bonds is 4. The lowest BCUT2D eigenvalue weighted by Gasteiger charge is -2.17. The fraction of sp³-hybridized carbons (Fsp3) is 0.304. The number of hydrogen-bond acceptors (Lipinski definition) is 4. The van der Waals surface area contributed by atoms with Gasteiger partial charge in [-0.3, -0.25) is 9.58 Å². The highest BCUT2D eigenvalue weighted by molar-refractivity contribution is 5.47. The molecular weight excluding hydrogens is 362 g/mol. The number of nitrogens with zero attached hydrogens (tertiary/aromatic N) is 5. The number of pyridine rings is 1. The number of aliphatic hydroxyl groups is 1. The molecule has 6 nitrogen and oxygen atoms in total. The first-order valence-electron chi connectivity index (χ1n) is 10.1. The third kappa shape index (κ3) is 3.57. The van der Waals surface area contributed by atoms with Crippen molar-refractivity contribution in [2.45, 2.75) is 39.1 Å². The molecule has 1 N–H and O–H groups in total. The second-order valence-corrected chi connectivity index (χ2v) is 7.82. The van der Waals surface area contributed by atoms with Crippen molar-refractivity contribution in [1.29, 1.82) is 0 Å². The Morgan fingerprint density at radius 1 is 1.10 bits per heavy atom. The number of hydrogen-bond donors (Lipinski definition) is 1. The highest BCUT2D eigenvalue weighted by Gasteiger charge is 2.21. The monoisotopic (exact) mass is 387 g/mol. The molecule has 0 bridgehead atoms. The summed E-state index contributed by atoms with van der Waals surface area (Å²) in [5.74, 6) is 0. The van der Waals surface area contributed by atoms with Crippen LogP contribution in [-0.2, 0) is 19.6 Å². The quantitative estimate of drug-likeness (QED) is 0.584. The Labute approximate surface area is 170 Å². The summed E-state index contributed by atoms with van der Waals surface area (Å²) in [4.78, 5) is 7.24. The molecular formula is C23H25N5O. The van der Waals surface area contributed by atoms with Crippen molar-refractivity contribution >= 4 is 5.65 Å². The summed E-state index contributed by atoms with van der Waals surface area (Å²) in [6.45, 7) is 5.59. The van der Waals surface area contributed by atoms with Crippen LogP contribution in [0, 0.1) is 6.92 Å². The number of benzene rings is 1. The van der Waals surface area contributed by atoms with Crippen molar-refractivity contribution in [2.75, 3.05) is 6.54 Å². The van der Waals surface area contributed by atoms with Gasteiger partial charge in [-0.05, 0) is 36.6 Å². The lowest BCUT2D eigenvalue weighted by Crippen LogP contribution is -2.23. The van der Waals surface area contributed by atoms with Gasteiger partial charge in [0.15, 0.2) is 0 Å². The molecule has 4 heterocycles. The van der Waals surface area contributed by atoms with E-state index < -0.39 is 6.10 Å². The molecule has 0 saturated heterocycles. The van der Waals surface area contributed by atoms with Crippen molar-refractivity contribution in [2.24, 2.45) is 0 Å². The van der Waals surface area contributed by atoms with Crippen molar-refractivity contribution in [3.05, 3.63) is 89.1 Å². The minimum Gasteiger partial charge on any atom is -0.382 e. The molecule has 0 radical (unpaired) electrons. The number of imidazole rings is 1. The largest absolute Gasteiger partial charge is 0.382 e. The maximum atomic E-state index is 10.7. The molecule has 0 aliphatic carbocycles. The van der Waals surface area contributed by atoms with Crippen LogP contribution < -0.4 is 0 Å². The van der Waals surface area contributed by atoms with E-state index in [2.05, 4.69) is 39.2 Å². The first-order chi connectivity index (χ1) is 14.2. The van der Waals surface area contributed by atoms with Gasteiger partial charge in [0, 0.05) is 38.6 Å². The minimum absolute atomic E-state index is 0.689. The maximum absolute atomic E-state index is 10.7. The molecule has 4 aromatic rings. The van der Waals surface area contributed by atoms with Gasteiger partial charge in [0.2, 0.25) is 0 Å². The van der Waals surface area contributed by atoms with E-state index >= 15 is 0 Å². The van der Waals surface area contributed by atoms with E-state index in [9.17, 15) is 5.11 Å². The molecule has 1 atom stereocenters. The van der Waals surface area contributed by atoms with E-state index in [1.165, 1.54) is 5.56 Å². The fourth-order valence-corrected chi connectivity index (χ4v) is 4.14. The average Bonchev–Trinajstić information content (AvgIpc) is 3.28. The van der Waals surface area contributed by atoms with Crippen LogP contribution in [0.3, 0.4) is 0 Å². The summed E-state index contributed by atoms with van der Waals surface area (Å²) in [6.07, 6.45) is 4.51. The van der Waals surface area contributed by atoms with Gasteiger partial charge in [0.05, 0.1) is 17.1 Å². The van der Waals surface area contributed by atoms with E-state index in [1.807, 2.05) is 42.6 Å². The Morgan fingerprint density at radius 3 is 2.79 bits per heavy atom. The predicted octanol–water partition coefficient (Wildman–Crippen LogP) is 3.33.